The van der Waals surface area contributed by atoms with E-state index >= 15 is 0 Å². The summed E-state index contributed by atoms with van der Waals surface area (Å²) in [6.07, 6.45) is 1.60. The van der Waals surface area contributed by atoms with Gasteiger partial charge in [0.25, 0.3) is 0 Å². The molecule has 0 aliphatic carbocycles. The summed E-state index contributed by atoms with van der Waals surface area (Å²) >= 11 is 0. The molecule has 0 bridgehead atoms. The van der Waals surface area contributed by atoms with Gasteiger partial charge in [-0.25, -0.2) is 0 Å². The molecule has 2 aromatic heterocycles. The molecule has 0 saturated carbocycles. The van der Waals surface area contributed by atoms with E-state index in [4.69, 9.17) is 5.73 Å². The van der Waals surface area contributed by atoms with Crippen molar-refractivity contribution in [2.24, 2.45) is 5.73 Å². The van der Waals surface area contributed by atoms with Gasteiger partial charge in [0.1, 0.15) is 0 Å². The normalized spacial score (nSPS) is 11.4. The Kier molecular flexibility index (Phi) is 14.1. The van der Waals surface area contributed by atoms with Gasteiger partial charge in [-0.05, 0) is 46.2 Å². The van der Waals surface area contributed by atoms with Crippen LogP contribution in [0.2, 0.25) is 0 Å². The minimum Gasteiger partial charge on any atom is -0.321 e. The van der Waals surface area contributed by atoms with Crippen molar-refractivity contribution in [3.05, 3.63) is 132 Å². The Balaban J connectivity index is 0.000000216. The van der Waals surface area contributed by atoms with Gasteiger partial charge in [0.2, 0.25) is 0 Å². The Morgan fingerprint density at radius 2 is 0.909 bits per heavy atom. The molecular formula is C35H43N9. The van der Waals surface area contributed by atoms with Crippen molar-refractivity contribution in [1.82, 2.24) is 41.2 Å². The van der Waals surface area contributed by atoms with Crippen molar-refractivity contribution in [3.8, 4) is 22.3 Å². The van der Waals surface area contributed by atoms with Gasteiger partial charge in [-0.15, -0.1) is 20.4 Å². The Hall–Kier alpha value is -5.02. The Labute approximate surface area is 260 Å². The number of nitrogens with one attached hydrogen (secondary N) is 2. The number of hydrogen-bond donors (Lipinski definition) is 3. The first kappa shape index (κ1) is 33.5. The molecule has 0 spiro atoms. The summed E-state index contributed by atoms with van der Waals surface area (Å²) in [4.78, 5) is 0. The summed E-state index contributed by atoms with van der Waals surface area (Å²) in [7, 11) is 0. The highest BCUT2D eigenvalue weighted by atomic mass is 15.5. The van der Waals surface area contributed by atoms with Gasteiger partial charge in [0.05, 0.1) is 6.04 Å². The van der Waals surface area contributed by atoms with Crippen molar-refractivity contribution in [2.75, 3.05) is 0 Å². The molecule has 4 aromatic carbocycles. The molecule has 228 valence electrons. The van der Waals surface area contributed by atoms with Crippen molar-refractivity contribution in [3.63, 3.8) is 0 Å². The second kappa shape index (κ2) is 18.5. The number of benzene rings is 4. The van der Waals surface area contributed by atoms with Crippen LogP contribution in [-0.4, -0.2) is 41.2 Å². The molecule has 0 radical (unpaired) electrons. The second-order valence-corrected chi connectivity index (χ2v) is 9.58. The lowest BCUT2D eigenvalue weighted by atomic mass is 9.98. The van der Waals surface area contributed by atoms with Crippen LogP contribution >= 0.6 is 0 Å². The van der Waals surface area contributed by atoms with Crippen molar-refractivity contribution >= 4 is 0 Å². The van der Waals surface area contributed by atoms with Crippen LogP contribution in [0.5, 0.6) is 0 Å². The van der Waals surface area contributed by atoms with E-state index in [0.717, 1.165) is 17.8 Å². The molecule has 0 fully saturated rings. The van der Waals surface area contributed by atoms with E-state index < -0.39 is 0 Å². The van der Waals surface area contributed by atoms with Crippen molar-refractivity contribution < 1.29 is 0 Å². The smallest absolute Gasteiger partial charge is 0.191 e. The molecule has 9 heteroatoms. The van der Waals surface area contributed by atoms with E-state index in [9.17, 15) is 0 Å². The minimum absolute atomic E-state index is 0.240. The summed E-state index contributed by atoms with van der Waals surface area (Å²) in [6.45, 7) is 10.1. The summed E-state index contributed by atoms with van der Waals surface area (Å²) < 4.78 is 0. The van der Waals surface area contributed by atoms with Gasteiger partial charge < -0.3 is 5.73 Å². The number of nitrogens with zero attached hydrogens (tertiary/aromatic N) is 6. The van der Waals surface area contributed by atoms with Crippen LogP contribution < -0.4 is 5.73 Å². The Morgan fingerprint density at radius 1 is 0.523 bits per heavy atom. The molecule has 0 amide bonds. The first-order chi connectivity index (χ1) is 21.7. The number of tetrazole rings is 2. The second-order valence-electron chi connectivity index (χ2n) is 9.58. The van der Waals surface area contributed by atoms with Gasteiger partial charge in [0, 0.05) is 5.92 Å². The number of aromatic amines is 2. The van der Waals surface area contributed by atoms with Crippen LogP contribution in [0.1, 0.15) is 69.4 Å². The van der Waals surface area contributed by atoms with Crippen LogP contribution in [-0.2, 0) is 12.8 Å². The number of aromatic nitrogens is 8. The zero-order chi connectivity index (χ0) is 31.6. The van der Waals surface area contributed by atoms with E-state index in [1.165, 1.54) is 27.8 Å². The van der Waals surface area contributed by atoms with Crippen LogP contribution in [0, 0.1) is 0 Å². The number of nitrogens with two attached hydrogens (primary N) is 1. The number of hydrogen-bond acceptors (Lipinski definition) is 7. The maximum atomic E-state index is 6.04. The van der Waals surface area contributed by atoms with E-state index in [0.29, 0.717) is 12.2 Å². The monoisotopic (exact) mass is 589 g/mol. The van der Waals surface area contributed by atoms with E-state index in [1.807, 2.05) is 52.0 Å². The Bertz CT molecular complexity index is 1410. The van der Waals surface area contributed by atoms with E-state index in [-0.39, 0.29) is 12.0 Å². The lowest BCUT2D eigenvalue weighted by Crippen LogP contribution is -2.15. The fraction of sp³-hybridized carbons (Fsp3) is 0.257. The molecule has 6 aromatic rings. The van der Waals surface area contributed by atoms with E-state index in [2.05, 4.69) is 133 Å². The average molecular weight is 590 g/mol. The lowest BCUT2D eigenvalue weighted by Gasteiger charge is -2.08. The quantitative estimate of drug-likeness (QED) is 0.169. The van der Waals surface area contributed by atoms with Crippen LogP contribution in [0.3, 0.4) is 0 Å². The van der Waals surface area contributed by atoms with Crippen LogP contribution in [0.25, 0.3) is 22.3 Å². The highest BCUT2D eigenvalue weighted by Gasteiger charge is 2.12. The third-order valence-electron chi connectivity index (χ3n) is 6.62. The molecule has 9 nitrogen and oxygen atoms in total. The molecule has 0 aliphatic heterocycles. The topological polar surface area (TPSA) is 135 Å². The number of H-pyrrole nitrogens is 2. The lowest BCUT2D eigenvalue weighted by molar-refractivity contribution is 0.669. The maximum absolute atomic E-state index is 6.04. The summed E-state index contributed by atoms with van der Waals surface area (Å²) in [6, 6.07) is 37.5. The largest absolute Gasteiger partial charge is 0.321 e. The average Bonchev–Trinajstić information content (AvgIpc) is 3.85. The highest BCUT2D eigenvalue weighted by Crippen LogP contribution is 2.23. The number of rotatable bonds is 8. The van der Waals surface area contributed by atoms with Gasteiger partial charge >= 0.3 is 0 Å². The standard InChI is InChI=1S/C16H16N4.C15H15N5.2C2H6/c1-12(16-17-19-20-18-16)11-13-7-9-15(10-8-13)14-5-3-2-4-6-14;16-14(15-17-19-20-18-15)10-11-6-8-13(9-7-11)12-4-2-1-3-5-12;2*1-2/h2-10,12H,11H2,1H3,(H,17,18,19,20);1-9,14H,10,16H2,(H,17,18,19,20);2*1-2H3/t12-;14-;;/m00../s1. The third-order valence-corrected chi connectivity index (χ3v) is 6.62. The summed E-state index contributed by atoms with van der Waals surface area (Å²) in [5.74, 6) is 1.56. The van der Waals surface area contributed by atoms with Gasteiger partial charge in [-0.2, -0.15) is 10.4 Å². The molecule has 0 aliphatic rings. The van der Waals surface area contributed by atoms with Crippen molar-refractivity contribution in [2.45, 2.75) is 59.4 Å². The molecular weight excluding hydrogens is 546 g/mol. The molecule has 6 rings (SSSR count). The molecule has 0 saturated heterocycles. The minimum atomic E-state index is -0.240. The molecule has 4 N–H and O–H groups in total. The van der Waals surface area contributed by atoms with Gasteiger partial charge in [-0.3, -0.25) is 0 Å². The molecule has 44 heavy (non-hydrogen) atoms. The SMILES string of the molecule is CC.CC.C[C@@H](Cc1ccc(-c2ccccc2)cc1)c1nn[nH]n1.N[C@@H](Cc1ccc(-c2ccccc2)cc1)c1nn[nH]n1. The molecule has 2 heterocycles. The highest BCUT2D eigenvalue weighted by molar-refractivity contribution is 5.64. The zero-order valence-corrected chi connectivity index (χ0v) is 26.2. The predicted octanol–water partition coefficient (Wildman–Crippen LogP) is 7.37. The Morgan fingerprint density at radius 3 is 1.32 bits per heavy atom. The fourth-order valence-electron chi connectivity index (χ4n) is 4.42. The first-order valence-electron chi connectivity index (χ1n) is 15.2. The van der Waals surface area contributed by atoms with Gasteiger partial charge in [0.15, 0.2) is 11.6 Å². The predicted molar refractivity (Wildman–Crippen MR) is 178 cm³/mol. The molecule has 0 unspecified atom stereocenters. The van der Waals surface area contributed by atoms with Crippen molar-refractivity contribution in [1.29, 1.82) is 0 Å². The zero-order valence-electron chi connectivity index (χ0n) is 26.2. The van der Waals surface area contributed by atoms with Crippen LogP contribution in [0.15, 0.2) is 109 Å². The first-order valence-corrected chi connectivity index (χ1v) is 15.2. The summed E-state index contributed by atoms with van der Waals surface area (Å²) in [5, 5.41) is 27.9. The fourth-order valence-corrected chi connectivity index (χ4v) is 4.42. The van der Waals surface area contributed by atoms with Crippen LogP contribution in [0.4, 0.5) is 0 Å². The maximum Gasteiger partial charge on any atom is 0.191 e. The molecule has 2 atom stereocenters. The summed E-state index contributed by atoms with van der Waals surface area (Å²) in [5.41, 5.74) is 13.4. The van der Waals surface area contributed by atoms with E-state index in [1.54, 1.807) is 0 Å². The third kappa shape index (κ3) is 10.1. The van der Waals surface area contributed by atoms with Gasteiger partial charge in [-0.1, -0.05) is 154 Å².